The largest absolute Gasteiger partial charge is 0.468 e. The number of carbonyl (C=O) groups is 2. The van der Waals surface area contributed by atoms with Crippen LogP contribution in [0.5, 0.6) is 0 Å². The molecule has 6 nitrogen and oxygen atoms in total. The predicted octanol–water partition coefficient (Wildman–Crippen LogP) is 2.84. The third-order valence-electron chi connectivity index (χ3n) is 3.07. The van der Waals surface area contributed by atoms with Crippen molar-refractivity contribution in [3.8, 4) is 0 Å². The first-order valence-electron chi connectivity index (χ1n) is 7.01. The van der Waals surface area contributed by atoms with E-state index in [2.05, 4.69) is 15.4 Å². The molecule has 2 aromatic rings. The Hall–Kier alpha value is -2.31. The van der Waals surface area contributed by atoms with Gasteiger partial charge in [-0.25, -0.2) is 4.79 Å². The van der Waals surface area contributed by atoms with Gasteiger partial charge in [-0.15, -0.1) is 0 Å². The van der Waals surface area contributed by atoms with Gasteiger partial charge in [0.25, 0.3) is 0 Å². The summed E-state index contributed by atoms with van der Waals surface area (Å²) < 4.78 is 9.81. The van der Waals surface area contributed by atoms with Crippen LogP contribution in [0.4, 0.5) is 5.69 Å². The van der Waals surface area contributed by atoms with Crippen LogP contribution in [0.2, 0.25) is 5.02 Å². The summed E-state index contributed by atoms with van der Waals surface area (Å²) in [5.41, 5.74) is 0.703. The molecule has 0 fully saturated rings. The van der Waals surface area contributed by atoms with Crippen molar-refractivity contribution in [1.29, 1.82) is 0 Å². The van der Waals surface area contributed by atoms with Crippen molar-refractivity contribution in [2.75, 3.05) is 19.0 Å². The van der Waals surface area contributed by atoms with Crippen LogP contribution in [-0.2, 0) is 16.1 Å². The van der Waals surface area contributed by atoms with Gasteiger partial charge in [-0.2, -0.15) is 0 Å². The molecule has 0 bridgehead atoms. The van der Waals surface area contributed by atoms with Crippen LogP contribution >= 0.6 is 11.6 Å². The molecule has 0 unspecified atom stereocenters. The lowest BCUT2D eigenvalue weighted by Crippen LogP contribution is -2.21. The molecule has 7 heteroatoms. The van der Waals surface area contributed by atoms with Crippen LogP contribution in [0.1, 0.15) is 22.5 Å². The molecule has 0 saturated heterocycles. The summed E-state index contributed by atoms with van der Waals surface area (Å²) in [4.78, 5) is 23.4. The lowest BCUT2D eigenvalue weighted by atomic mass is 10.2. The van der Waals surface area contributed by atoms with Gasteiger partial charge in [0.2, 0.25) is 5.91 Å². The summed E-state index contributed by atoms with van der Waals surface area (Å²) >= 11 is 6.02. The molecule has 1 amide bonds. The number of amides is 1. The highest BCUT2D eigenvalue weighted by molar-refractivity contribution is 6.33. The molecule has 0 radical (unpaired) electrons. The van der Waals surface area contributed by atoms with Crippen molar-refractivity contribution in [1.82, 2.24) is 5.32 Å². The minimum absolute atomic E-state index is 0.208. The molecular weight excluding hydrogens is 320 g/mol. The highest BCUT2D eigenvalue weighted by Gasteiger charge is 2.11. The van der Waals surface area contributed by atoms with Crippen LogP contribution in [-0.4, -0.2) is 25.5 Å². The van der Waals surface area contributed by atoms with E-state index in [1.54, 1.807) is 18.4 Å². The number of furan rings is 1. The molecule has 0 atom stereocenters. The van der Waals surface area contributed by atoms with Gasteiger partial charge in [0.05, 0.1) is 36.2 Å². The summed E-state index contributed by atoms with van der Waals surface area (Å²) in [5, 5.41) is 6.13. The zero-order chi connectivity index (χ0) is 16.7. The number of halogens is 1. The Balaban J connectivity index is 1.83. The normalized spacial score (nSPS) is 10.3. The van der Waals surface area contributed by atoms with Gasteiger partial charge in [-0.3, -0.25) is 4.79 Å². The second-order valence-corrected chi connectivity index (χ2v) is 5.15. The van der Waals surface area contributed by atoms with Crippen LogP contribution in [0.25, 0.3) is 0 Å². The maximum absolute atomic E-state index is 11.9. The fourth-order valence-electron chi connectivity index (χ4n) is 1.91. The number of rotatable bonds is 7. The number of nitrogens with one attached hydrogen (secondary N) is 2. The van der Waals surface area contributed by atoms with E-state index in [9.17, 15) is 9.59 Å². The topological polar surface area (TPSA) is 80.6 Å². The second kappa shape index (κ2) is 8.36. The smallest absolute Gasteiger partial charge is 0.337 e. The van der Waals surface area contributed by atoms with Crippen molar-refractivity contribution in [2.45, 2.75) is 13.0 Å². The average molecular weight is 337 g/mol. The van der Waals surface area contributed by atoms with Crippen LogP contribution in [0.15, 0.2) is 41.0 Å². The predicted molar refractivity (Wildman–Crippen MR) is 86.5 cm³/mol. The quantitative estimate of drug-likeness (QED) is 0.600. The molecule has 122 valence electrons. The monoisotopic (exact) mass is 336 g/mol. The maximum atomic E-state index is 11.9. The minimum Gasteiger partial charge on any atom is -0.468 e. The lowest BCUT2D eigenvalue weighted by molar-refractivity contribution is -0.116. The van der Waals surface area contributed by atoms with Crippen LogP contribution in [0, 0.1) is 0 Å². The number of carbonyl (C=O) groups excluding carboxylic acids is 2. The molecule has 0 saturated carbocycles. The number of benzene rings is 1. The van der Waals surface area contributed by atoms with E-state index in [1.807, 2.05) is 6.07 Å². The van der Waals surface area contributed by atoms with Gasteiger partial charge in [0, 0.05) is 13.0 Å². The zero-order valence-electron chi connectivity index (χ0n) is 12.6. The number of methoxy groups -OCH3 is 1. The Labute approximate surface area is 138 Å². The van der Waals surface area contributed by atoms with E-state index in [0.717, 1.165) is 5.76 Å². The Morgan fingerprint density at radius 2 is 2.13 bits per heavy atom. The maximum Gasteiger partial charge on any atom is 0.337 e. The number of hydrogen-bond acceptors (Lipinski definition) is 5. The van der Waals surface area contributed by atoms with Gasteiger partial charge in [0.15, 0.2) is 0 Å². The first kappa shape index (κ1) is 17.1. The molecule has 0 aliphatic rings. The van der Waals surface area contributed by atoms with Crippen molar-refractivity contribution < 1.29 is 18.7 Å². The number of hydrogen-bond donors (Lipinski definition) is 2. The number of anilines is 1. The summed E-state index contributed by atoms with van der Waals surface area (Å²) in [7, 11) is 1.29. The molecular formula is C16H17ClN2O4. The van der Waals surface area contributed by atoms with Crippen LogP contribution in [0.3, 0.4) is 0 Å². The Morgan fingerprint density at radius 1 is 1.30 bits per heavy atom. The highest BCUT2D eigenvalue weighted by Crippen LogP contribution is 2.23. The van der Waals surface area contributed by atoms with E-state index in [4.69, 9.17) is 16.0 Å². The first-order valence-corrected chi connectivity index (χ1v) is 7.38. The fraction of sp³-hybridized carbons (Fsp3) is 0.250. The molecule has 0 spiro atoms. The molecule has 2 N–H and O–H groups in total. The summed E-state index contributed by atoms with van der Waals surface area (Å²) in [5.74, 6) is 0.109. The Kier molecular flexibility index (Phi) is 6.19. The lowest BCUT2D eigenvalue weighted by Gasteiger charge is -2.09. The third-order valence-corrected chi connectivity index (χ3v) is 3.40. The molecule has 1 aromatic carbocycles. The molecule has 23 heavy (non-hydrogen) atoms. The summed E-state index contributed by atoms with van der Waals surface area (Å²) in [6.45, 7) is 1.04. The second-order valence-electron chi connectivity index (χ2n) is 4.74. The van der Waals surface area contributed by atoms with Gasteiger partial charge in [-0.05, 0) is 30.3 Å². The van der Waals surface area contributed by atoms with Gasteiger partial charge < -0.3 is 19.8 Å². The van der Waals surface area contributed by atoms with Crippen molar-refractivity contribution in [3.63, 3.8) is 0 Å². The summed E-state index contributed by atoms with van der Waals surface area (Å²) in [6.07, 6.45) is 1.86. The highest BCUT2D eigenvalue weighted by atomic mass is 35.5. The molecule has 0 aliphatic carbocycles. The van der Waals surface area contributed by atoms with Crippen molar-refractivity contribution in [3.05, 3.63) is 52.9 Å². The van der Waals surface area contributed by atoms with E-state index in [-0.39, 0.29) is 12.3 Å². The van der Waals surface area contributed by atoms with Crippen LogP contribution < -0.4 is 10.6 Å². The van der Waals surface area contributed by atoms with E-state index < -0.39 is 5.97 Å². The SMILES string of the molecule is COC(=O)c1ccc(Cl)c(NC(=O)CCNCc2ccco2)c1. The van der Waals surface area contributed by atoms with Crippen molar-refractivity contribution >= 4 is 29.2 Å². The van der Waals surface area contributed by atoms with E-state index in [1.165, 1.54) is 19.2 Å². The molecule has 0 aliphatic heterocycles. The third kappa shape index (κ3) is 5.12. The van der Waals surface area contributed by atoms with Crippen molar-refractivity contribution in [2.24, 2.45) is 0 Å². The van der Waals surface area contributed by atoms with Gasteiger partial charge in [0.1, 0.15) is 5.76 Å². The molecule has 1 heterocycles. The number of ether oxygens (including phenoxy) is 1. The van der Waals surface area contributed by atoms with E-state index in [0.29, 0.717) is 29.4 Å². The number of esters is 1. The summed E-state index contributed by atoms with van der Waals surface area (Å²) in [6, 6.07) is 8.22. The Morgan fingerprint density at radius 3 is 2.83 bits per heavy atom. The molecule has 1 aromatic heterocycles. The first-order chi connectivity index (χ1) is 11.1. The zero-order valence-corrected chi connectivity index (χ0v) is 13.4. The van der Waals surface area contributed by atoms with E-state index >= 15 is 0 Å². The minimum atomic E-state index is -0.489. The van der Waals surface area contributed by atoms with Gasteiger partial charge >= 0.3 is 5.97 Å². The Bertz CT molecular complexity index is 671. The van der Waals surface area contributed by atoms with Gasteiger partial charge in [-0.1, -0.05) is 11.6 Å². The average Bonchev–Trinajstić information content (AvgIpc) is 3.06. The standard InChI is InChI=1S/C16H17ClN2O4/c1-22-16(21)11-4-5-13(17)14(9-11)19-15(20)6-7-18-10-12-3-2-8-23-12/h2-5,8-9,18H,6-7,10H2,1H3,(H,19,20). The fourth-order valence-corrected chi connectivity index (χ4v) is 2.07. The molecule has 2 rings (SSSR count).